The van der Waals surface area contributed by atoms with E-state index in [-0.39, 0.29) is 11.6 Å². The Morgan fingerprint density at radius 1 is 1.28 bits per heavy atom. The second-order valence-corrected chi connectivity index (χ2v) is 3.80. The van der Waals surface area contributed by atoms with Crippen LogP contribution in [0.5, 0.6) is 11.5 Å². The van der Waals surface area contributed by atoms with Crippen LogP contribution in [0.2, 0.25) is 0 Å². The highest BCUT2D eigenvalue weighted by molar-refractivity contribution is 5.73. The Bertz CT molecular complexity index is 591. The molecule has 0 unspecified atom stereocenters. The average Bonchev–Trinajstić information content (AvgIpc) is 2.40. The first-order valence-electron chi connectivity index (χ1n) is 5.45. The van der Waals surface area contributed by atoms with E-state index in [0.29, 0.717) is 22.4 Å². The quantitative estimate of drug-likeness (QED) is 0.888. The number of halogens is 1. The molecular formula is C15H13FO2. The number of methoxy groups -OCH3 is 1. The van der Waals surface area contributed by atoms with Gasteiger partial charge in [-0.05, 0) is 23.8 Å². The molecule has 0 fully saturated rings. The van der Waals surface area contributed by atoms with Gasteiger partial charge in [0, 0.05) is 11.1 Å². The van der Waals surface area contributed by atoms with Gasteiger partial charge in [0.2, 0.25) is 0 Å². The Balaban J connectivity index is 2.66. The lowest BCUT2D eigenvalue weighted by Crippen LogP contribution is -1.90. The van der Waals surface area contributed by atoms with Gasteiger partial charge in [-0.15, -0.1) is 0 Å². The van der Waals surface area contributed by atoms with Crippen LogP contribution in [0, 0.1) is 5.82 Å². The largest absolute Gasteiger partial charge is 0.504 e. The maximum Gasteiger partial charge on any atom is 0.165 e. The van der Waals surface area contributed by atoms with E-state index in [2.05, 4.69) is 6.58 Å². The van der Waals surface area contributed by atoms with Crippen molar-refractivity contribution < 1.29 is 14.2 Å². The molecule has 0 spiro atoms. The molecule has 2 aromatic rings. The number of hydrogen-bond donors (Lipinski definition) is 1. The van der Waals surface area contributed by atoms with Crippen molar-refractivity contribution in [2.75, 3.05) is 7.11 Å². The molecule has 0 aliphatic heterocycles. The van der Waals surface area contributed by atoms with Crippen molar-refractivity contribution in [2.45, 2.75) is 0 Å². The number of aromatic hydroxyl groups is 1. The van der Waals surface area contributed by atoms with Crippen molar-refractivity contribution in [1.82, 2.24) is 0 Å². The SMILES string of the molecule is C=Cc1cc(-c2ccccc2F)cc(OC)c1O. The molecule has 0 atom stereocenters. The average molecular weight is 244 g/mol. The molecule has 18 heavy (non-hydrogen) atoms. The molecule has 2 rings (SSSR count). The maximum atomic E-state index is 13.7. The molecule has 0 aliphatic carbocycles. The molecule has 2 aromatic carbocycles. The first-order chi connectivity index (χ1) is 8.67. The van der Waals surface area contributed by atoms with Crippen LogP contribution in [0.3, 0.4) is 0 Å². The maximum absolute atomic E-state index is 13.7. The van der Waals surface area contributed by atoms with Crippen LogP contribution in [0.25, 0.3) is 17.2 Å². The van der Waals surface area contributed by atoms with Crippen LogP contribution in [-0.4, -0.2) is 12.2 Å². The van der Waals surface area contributed by atoms with Crippen LogP contribution in [-0.2, 0) is 0 Å². The first kappa shape index (κ1) is 12.2. The molecule has 0 amide bonds. The van der Waals surface area contributed by atoms with Crippen LogP contribution in [0.15, 0.2) is 43.0 Å². The third-order valence-corrected chi connectivity index (χ3v) is 2.73. The highest BCUT2D eigenvalue weighted by atomic mass is 19.1. The van der Waals surface area contributed by atoms with Crippen molar-refractivity contribution in [3.05, 3.63) is 54.4 Å². The molecular weight excluding hydrogens is 231 g/mol. The van der Waals surface area contributed by atoms with Gasteiger partial charge in [-0.25, -0.2) is 4.39 Å². The van der Waals surface area contributed by atoms with E-state index in [1.807, 2.05) is 0 Å². The first-order valence-corrected chi connectivity index (χ1v) is 5.45. The van der Waals surface area contributed by atoms with Gasteiger partial charge in [0.25, 0.3) is 0 Å². The number of hydrogen-bond acceptors (Lipinski definition) is 2. The summed E-state index contributed by atoms with van der Waals surface area (Å²) in [5, 5.41) is 9.84. The summed E-state index contributed by atoms with van der Waals surface area (Å²) in [6.45, 7) is 3.62. The minimum atomic E-state index is -0.319. The molecule has 0 aliphatic rings. The molecule has 0 bridgehead atoms. The zero-order valence-corrected chi connectivity index (χ0v) is 9.98. The summed E-state index contributed by atoms with van der Waals surface area (Å²) in [5.41, 5.74) is 1.60. The molecule has 92 valence electrons. The van der Waals surface area contributed by atoms with Crippen molar-refractivity contribution in [3.63, 3.8) is 0 Å². The van der Waals surface area contributed by atoms with E-state index < -0.39 is 0 Å². The van der Waals surface area contributed by atoms with E-state index >= 15 is 0 Å². The highest BCUT2D eigenvalue weighted by Crippen LogP contribution is 2.36. The Morgan fingerprint density at radius 2 is 2.00 bits per heavy atom. The normalized spacial score (nSPS) is 10.1. The van der Waals surface area contributed by atoms with E-state index in [0.717, 1.165) is 0 Å². The predicted molar refractivity (Wildman–Crippen MR) is 70.1 cm³/mol. The summed E-state index contributed by atoms with van der Waals surface area (Å²) in [6, 6.07) is 9.72. The Kier molecular flexibility index (Phi) is 3.33. The molecule has 0 aromatic heterocycles. The fourth-order valence-electron chi connectivity index (χ4n) is 1.79. The lowest BCUT2D eigenvalue weighted by molar-refractivity contribution is 0.373. The van der Waals surface area contributed by atoms with Gasteiger partial charge in [-0.2, -0.15) is 0 Å². The molecule has 0 heterocycles. The van der Waals surface area contributed by atoms with Crippen LogP contribution < -0.4 is 4.74 Å². The van der Waals surface area contributed by atoms with E-state index in [9.17, 15) is 9.50 Å². The van der Waals surface area contributed by atoms with Gasteiger partial charge in [-0.1, -0.05) is 30.9 Å². The third kappa shape index (κ3) is 2.07. The van der Waals surface area contributed by atoms with Crippen molar-refractivity contribution in [2.24, 2.45) is 0 Å². The van der Waals surface area contributed by atoms with E-state index in [1.54, 1.807) is 30.3 Å². The van der Waals surface area contributed by atoms with E-state index in [4.69, 9.17) is 4.74 Å². The molecule has 2 nitrogen and oxygen atoms in total. The smallest absolute Gasteiger partial charge is 0.165 e. The Hall–Kier alpha value is -2.29. The van der Waals surface area contributed by atoms with Crippen molar-refractivity contribution in [3.8, 4) is 22.6 Å². The Labute approximate surface area is 105 Å². The monoisotopic (exact) mass is 244 g/mol. The molecule has 0 saturated carbocycles. The number of phenols is 1. The molecule has 3 heteroatoms. The Morgan fingerprint density at radius 3 is 2.61 bits per heavy atom. The number of ether oxygens (including phenoxy) is 1. The van der Waals surface area contributed by atoms with Gasteiger partial charge in [-0.3, -0.25) is 0 Å². The summed E-state index contributed by atoms with van der Waals surface area (Å²) < 4.78 is 18.8. The predicted octanol–water partition coefficient (Wildman–Crippen LogP) is 3.85. The third-order valence-electron chi connectivity index (χ3n) is 2.73. The van der Waals surface area contributed by atoms with Gasteiger partial charge < -0.3 is 9.84 Å². The molecule has 1 N–H and O–H groups in total. The summed E-state index contributed by atoms with van der Waals surface area (Å²) in [7, 11) is 1.45. The fraction of sp³-hybridized carbons (Fsp3) is 0.0667. The zero-order chi connectivity index (χ0) is 13.1. The molecule has 0 radical (unpaired) electrons. The number of rotatable bonds is 3. The van der Waals surface area contributed by atoms with Crippen molar-refractivity contribution in [1.29, 1.82) is 0 Å². The highest BCUT2D eigenvalue weighted by Gasteiger charge is 2.11. The van der Waals surface area contributed by atoms with Crippen molar-refractivity contribution >= 4 is 6.08 Å². The zero-order valence-electron chi connectivity index (χ0n) is 9.98. The summed E-state index contributed by atoms with van der Waals surface area (Å²) >= 11 is 0. The summed E-state index contributed by atoms with van der Waals surface area (Å²) in [4.78, 5) is 0. The second-order valence-electron chi connectivity index (χ2n) is 3.80. The summed E-state index contributed by atoms with van der Waals surface area (Å²) in [6.07, 6.45) is 1.50. The standard InChI is InChI=1S/C15H13FO2/c1-3-10-8-11(9-14(18-2)15(10)17)12-6-4-5-7-13(12)16/h3-9,17H,1H2,2H3. The van der Waals surface area contributed by atoms with Gasteiger partial charge in [0.1, 0.15) is 5.82 Å². The van der Waals surface area contributed by atoms with Crippen LogP contribution in [0.4, 0.5) is 4.39 Å². The van der Waals surface area contributed by atoms with E-state index in [1.165, 1.54) is 19.3 Å². The minimum Gasteiger partial charge on any atom is -0.504 e. The van der Waals surface area contributed by atoms with Gasteiger partial charge in [0.05, 0.1) is 7.11 Å². The fourth-order valence-corrected chi connectivity index (χ4v) is 1.79. The second kappa shape index (κ2) is 4.92. The lowest BCUT2D eigenvalue weighted by Gasteiger charge is -2.10. The van der Waals surface area contributed by atoms with Gasteiger partial charge >= 0.3 is 0 Å². The number of phenolic OH excluding ortho intramolecular Hbond substituents is 1. The topological polar surface area (TPSA) is 29.5 Å². The van der Waals surface area contributed by atoms with Crippen LogP contribution >= 0.6 is 0 Å². The number of benzene rings is 2. The minimum absolute atomic E-state index is 0.00703. The summed E-state index contributed by atoms with van der Waals surface area (Å²) in [5.74, 6) is -0.0153. The lowest BCUT2D eigenvalue weighted by atomic mass is 10.0. The van der Waals surface area contributed by atoms with Gasteiger partial charge in [0.15, 0.2) is 11.5 Å². The van der Waals surface area contributed by atoms with Crippen LogP contribution in [0.1, 0.15) is 5.56 Å². The molecule has 0 saturated heterocycles.